The topological polar surface area (TPSA) is 78.4 Å². The smallest absolute Gasteiger partial charge is 0.418 e. The first kappa shape index (κ1) is 17.8. The molecule has 0 aromatic heterocycles. The molecule has 0 aliphatic rings. The van der Waals surface area contributed by atoms with E-state index in [0.717, 1.165) is 12.1 Å². The van der Waals surface area contributed by atoms with Crippen LogP contribution < -0.4 is 10.6 Å². The van der Waals surface area contributed by atoms with Gasteiger partial charge in [-0.25, -0.2) is 9.59 Å². The van der Waals surface area contributed by atoms with Crippen LogP contribution in [-0.2, 0) is 6.18 Å². The predicted octanol–water partition coefficient (Wildman–Crippen LogP) is 4.81. The molecule has 2 amide bonds. The van der Waals surface area contributed by atoms with Gasteiger partial charge in [0.25, 0.3) is 0 Å². The summed E-state index contributed by atoms with van der Waals surface area (Å²) in [6.07, 6.45) is -4.63. The largest absolute Gasteiger partial charge is 0.478 e. The molecular formula is C15H10BrF3N2O3. The molecule has 2 aromatic rings. The molecule has 0 saturated carbocycles. The lowest BCUT2D eigenvalue weighted by molar-refractivity contribution is -0.136. The molecule has 2 aromatic carbocycles. The van der Waals surface area contributed by atoms with Gasteiger partial charge in [0.2, 0.25) is 0 Å². The van der Waals surface area contributed by atoms with Crippen LogP contribution in [-0.4, -0.2) is 17.1 Å². The maximum absolute atomic E-state index is 12.9. The van der Waals surface area contributed by atoms with Crippen LogP contribution in [0.15, 0.2) is 46.9 Å². The zero-order chi connectivity index (χ0) is 17.9. The number of aromatic carboxylic acids is 1. The lowest BCUT2D eigenvalue weighted by Crippen LogP contribution is -2.23. The number of amides is 2. The van der Waals surface area contributed by atoms with E-state index in [1.807, 2.05) is 0 Å². The van der Waals surface area contributed by atoms with Gasteiger partial charge < -0.3 is 15.7 Å². The fourth-order valence-electron chi connectivity index (χ4n) is 1.92. The predicted molar refractivity (Wildman–Crippen MR) is 85.2 cm³/mol. The monoisotopic (exact) mass is 402 g/mol. The summed E-state index contributed by atoms with van der Waals surface area (Å²) in [5.41, 5.74) is -1.69. The third-order valence-corrected chi connectivity index (χ3v) is 3.43. The summed E-state index contributed by atoms with van der Waals surface area (Å²) in [6, 6.07) is 7.56. The second-order valence-electron chi connectivity index (χ2n) is 4.62. The van der Waals surface area contributed by atoms with Crippen molar-refractivity contribution >= 4 is 39.3 Å². The Bertz CT molecular complexity index is 794. The first-order valence-electron chi connectivity index (χ1n) is 6.45. The fraction of sp³-hybridized carbons (Fsp3) is 0.0667. The molecule has 0 heterocycles. The Morgan fingerprint density at radius 1 is 1.00 bits per heavy atom. The third kappa shape index (κ3) is 4.25. The number of anilines is 2. The molecule has 24 heavy (non-hydrogen) atoms. The van der Waals surface area contributed by atoms with E-state index in [9.17, 15) is 22.8 Å². The maximum atomic E-state index is 12.9. The van der Waals surface area contributed by atoms with Crippen molar-refractivity contribution in [3.05, 3.63) is 58.1 Å². The number of hydrogen-bond acceptors (Lipinski definition) is 2. The van der Waals surface area contributed by atoms with Crippen molar-refractivity contribution in [2.45, 2.75) is 6.18 Å². The van der Waals surface area contributed by atoms with Gasteiger partial charge in [-0.15, -0.1) is 0 Å². The molecule has 0 aliphatic carbocycles. The van der Waals surface area contributed by atoms with Gasteiger partial charge in [0.05, 0.1) is 22.5 Å². The number of carboxylic acids is 1. The molecule has 0 saturated heterocycles. The maximum Gasteiger partial charge on any atom is 0.418 e. The highest BCUT2D eigenvalue weighted by Gasteiger charge is 2.33. The van der Waals surface area contributed by atoms with Gasteiger partial charge in [-0.3, -0.25) is 0 Å². The molecule has 0 aliphatic heterocycles. The zero-order valence-electron chi connectivity index (χ0n) is 11.8. The van der Waals surface area contributed by atoms with E-state index in [0.29, 0.717) is 4.47 Å². The average molecular weight is 403 g/mol. The molecule has 5 nitrogen and oxygen atoms in total. The number of carboxylic acid groups (broad SMARTS) is 1. The minimum absolute atomic E-state index is 0.0484. The molecule has 126 valence electrons. The van der Waals surface area contributed by atoms with Gasteiger partial charge in [0, 0.05) is 4.47 Å². The number of alkyl halides is 3. The van der Waals surface area contributed by atoms with E-state index < -0.39 is 29.4 Å². The highest BCUT2D eigenvalue weighted by Crippen LogP contribution is 2.34. The summed E-state index contributed by atoms with van der Waals surface area (Å²) in [4.78, 5) is 23.1. The lowest BCUT2D eigenvalue weighted by Gasteiger charge is -2.14. The van der Waals surface area contributed by atoms with Crippen LogP contribution in [0.25, 0.3) is 0 Å². The van der Waals surface area contributed by atoms with Crippen molar-refractivity contribution < 1.29 is 27.9 Å². The minimum atomic E-state index is -4.63. The average Bonchev–Trinajstić information content (AvgIpc) is 2.48. The molecule has 0 unspecified atom stereocenters. The van der Waals surface area contributed by atoms with Gasteiger partial charge in [-0.2, -0.15) is 13.2 Å². The Labute approximate surface area is 142 Å². The van der Waals surface area contributed by atoms with Crippen LogP contribution >= 0.6 is 15.9 Å². The minimum Gasteiger partial charge on any atom is -0.478 e. The molecule has 9 heteroatoms. The summed E-state index contributed by atoms with van der Waals surface area (Å²) >= 11 is 3.10. The second-order valence-corrected chi connectivity index (χ2v) is 5.53. The van der Waals surface area contributed by atoms with E-state index >= 15 is 0 Å². The van der Waals surface area contributed by atoms with Crippen LogP contribution in [0.3, 0.4) is 0 Å². The molecule has 2 rings (SSSR count). The fourth-order valence-corrected chi connectivity index (χ4v) is 2.28. The molecule has 3 N–H and O–H groups in total. The van der Waals surface area contributed by atoms with Gasteiger partial charge in [0.1, 0.15) is 0 Å². The summed E-state index contributed by atoms with van der Waals surface area (Å²) in [6.45, 7) is 0. The quantitative estimate of drug-likeness (QED) is 0.689. The Morgan fingerprint density at radius 3 is 2.25 bits per heavy atom. The first-order chi connectivity index (χ1) is 11.2. The van der Waals surface area contributed by atoms with Gasteiger partial charge >= 0.3 is 18.2 Å². The Hall–Kier alpha value is -2.55. The van der Waals surface area contributed by atoms with Crippen molar-refractivity contribution in [2.75, 3.05) is 10.6 Å². The first-order valence-corrected chi connectivity index (χ1v) is 7.25. The Balaban J connectivity index is 2.23. The van der Waals surface area contributed by atoms with Crippen LogP contribution in [0.5, 0.6) is 0 Å². The normalized spacial score (nSPS) is 11.0. The molecular weight excluding hydrogens is 393 g/mol. The van der Waals surface area contributed by atoms with Crippen molar-refractivity contribution in [1.29, 1.82) is 0 Å². The Morgan fingerprint density at radius 2 is 1.62 bits per heavy atom. The number of para-hydroxylation sites is 1. The number of benzene rings is 2. The van der Waals surface area contributed by atoms with Gasteiger partial charge in [-0.1, -0.05) is 28.1 Å². The van der Waals surface area contributed by atoms with E-state index in [-0.39, 0.29) is 11.3 Å². The molecule has 0 atom stereocenters. The number of halogens is 4. The van der Waals surface area contributed by atoms with Gasteiger partial charge in [-0.05, 0) is 30.3 Å². The number of rotatable bonds is 3. The van der Waals surface area contributed by atoms with Crippen LogP contribution in [0, 0.1) is 0 Å². The number of carbonyl (C=O) groups excluding carboxylic acids is 1. The molecule has 0 fully saturated rings. The van der Waals surface area contributed by atoms with Crippen molar-refractivity contribution in [3.8, 4) is 0 Å². The van der Waals surface area contributed by atoms with Crippen LogP contribution in [0.4, 0.5) is 29.3 Å². The zero-order valence-corrected chi connectivity index (χ0v) is 13.4. The second kappa shape index (κ2) is 6.91. The number of nitrogens with one attached hydrogen (secondary N) is 2. The van der Waals surface area contributed by atoms with Crippen molar-refractivity contribution in [3.63, 3.8) is 0 Å². The van der Waals surface area contributed by atoms with E-state index in [1.165, 1.54) is 30.3 Å². The summed E-state index contributed by atoms with van der Waals surface area (Å²) in [5, 5.41) is 13.4. The highest BCUT2D eigenvalue weighted by atomic mass is 79.9. The number of hydrogen-bond donors (Lipinski definition) is 3. The van der Waals surface area contributed by atoms with E-state index in [1.54, 1.807) is 0 Å². The van der Waals surface area contributed by atoms with Crippen LogP contribution in [0.1, 0.15) is 15.9 Å². The van der Waals surface area contributed by atoms with E-state index in [2.05, 4.69) is 26.6 Å². The lowest BCUT2D eigenvalue weighted by atomic mass is 10.1. The molecule has 0 spiro atoms. The highest BCUT2D eigenvalue weighted by molar-refractivity contribution is 9.10. The summed E-state index contributed by atoms with van der Waals surface area (Å²) in [7, 11) is 0. The SMILES string of the molecule is O=C(Nc1ccc(Br)cc1C(=O)O)Nc1ccccc1C(F)(F)F. The number of carbonyl (C=O) groups is 2. The van der Waals surface area contributed by atoms with Crippen LogP contribution in [0.2, 0.25) is 0 Å². The van der Waals surface area contributed by atoms with Gasteiger partial charge in [0.15, 0.2) is 0 Å². The van der Waals surface area contributed by atoms with Crippen molar-refractivity contribution in [1.82, 2.24) is 0 Å². The molecule has 0 bridgehead atoms. The summed E-state index contributed by atoms with van der Waals surface area (Å²) < 4.78 is 39.1. The Kier molecular flexibility index (Phi) is 5.13. The molecule has 0 radical (unpaired) electrons. The van der Waals surface area contributed by atoms with Crippen molar-refractivity contribution in [2.24, 2.45) is 0 Å². The third-order valence-electron chi connectivity index (χ3n) is 2.94. The summed E-state index contributed by atoms with van der Waals surface area (Å²) in [5.74, 6) is -1.29. The number of urea groups is 1. The standard InChI is InChI=1S/C15H10BrF3N2O3/c16-8-5-6-11(9(7-8)13(22)23)20-14(24)21-12-4-2-1-3-10(12)15(17,18)19/h1-7H,(H,22,23)(H2,20,21,24). The van der Waals surface area contributed by atoms with E-state index in [4.69, 9.17) is 5.11 Å².